The maximum Gasteiger partial charge on any atom is 0.161 e. The van der Waals surface area contributed by atoms with E-state index in [1.54, 1.807) is 0 Å². The van der Waals surface area contributed by atoms with Crippen molar-refractivity contribution in [3.8, 4) is 11.5 Å². The van der Waals surface area contributed by atoms with Gasteiger partial charge in [-0.1, -0.05) is 13.0 Å². The summed E-state index contributed by atoms with van der Waals surface area (Å²) in [7, 11) is 0. The lowest BCUT2D eigenvalue weighted by atomic mass is 9.98. The molecule has 3 nitrogen and oxygen atoms in total. The Morgan fingerprint density at radius 2 is 1.89 bits per heavy atom. The van der Waals surface area contributed by atoms with Crippen molar-refractivity contribution >= 4 is 0 Å². The molecule has 0 amide bonds. The van der Waals surface area contributed by atoms with Crippen molar-refractivity contribution in [2.75, 3.05) is 13.2 Å². The summed E-state index contributed by atoms with van der Waals surface area (Å²) in [5, 5.41) is 3.65. The molecule has 19 heavy (non-hydrogen) atoms. The van der Waals surface area contributed by atoms with E-state index in [1.165, 1.54) is 5.56 Å². The van der Waals surface area contributed by atoms with Gasteiger partial charge in [0.05, 0.1) is 13.2 Å². The van der Waals surface area contributed by atoms with E-state index in [0.717, 1.165) is 37.6 Å². The van der Waals surface area contributed by atoms with Gasteiger partial charge < -0.3 is 14.8 Å². The summed E-state index contributed by atoms with van der Waals surface area (Å²) < 4.78 is 11.4. The topological polar surface area (TPSA) is 30.5 Å². The van der Waals surface area contributed by atoms with Gasteiger partial charge in [-0.2, -0.15) is 0 Å². The largest absolute Gasteiger partial charge is 0.490 e. The Balaban J connectivity index is 2.14. The summed E-state index contributed by atoms with van der Waals surface area (Å²) in [6.07, 6.45) is 2.04. The molecule has 1 aliphatic rings. The Hall–Kier alpha value is -1.22. The maximum absolute atomic E-state index is 5.74. The molecule has 0 fully saturated rings. The van der Waals surface area contributed by atoms with Crippen molar-refractivity contribution < 1.29 is 9.47 Å². The lowest BCUT2D eigenvalue weighted by molar-refractivity contribution is 0.296. The van der Waals surface area contributed by atoms with Gasteiger partial charge in [0.15, 0.2) is 11.5 Å². The van der Waals surface area contributed by atoms with E-state index in [2.05, 4.69) is 45.1 Å². The number of hydrogen-bond donors (Lipinski definition) is 1. The van der Waals surface area contributed by atoms with Crippen LogP contribution in [0.2, 0.25) is 0 Å². The Kier molecular flexibility index (Phi) is 4.35. The van der Waals surface area contributed by atoms with E-state index in [-0.39, 0.29) is 5.54 Å². The van der Waals surface area contributed by atoms with E-state index < -0.39 is 0 Å². The fraction of sp³-hybridized carbons (Fsp3) is 0.625. The van der Waals surface area contributed by atoms with Crippen LogP contribution in [0, 0.1) is 0 Å². The van der Waals surface area contributed by atoms with Gasteiger partial charge in [0.25, 0.3) is 0 Å². The predicted molar refractivity (Wildman–Crippen MR) is 78.0 cm³/mol. The van der Waals surface area contributed by atoms with E-state index in [4.69, 9.17) is 9.47 Å². The molecule has 1 atom stereocenters. The summed E-state index contributed by atoms with van der Waals surface area (Å²) in [5.41, 5.74) is 1.38. The molecule has 1 aromatic rings. The van der Waals surface area contributed by atoms with Gasteiger partial charge in [0.1, 0.15) is 0 Å². The Morgan fingerprint density at radius 3 is 2.58 bits per heavy atom. The standard InChI is InChI=1S/C16H25NO2/c1-5-16(3,4)17-12(2)13-7-8-14-15(11-13)19-10-6-9-18-14/h7-8,11-12,17H,5-6,9-10H2,1-4H3. The molecular weight excluding hydrogens is 238 g/mol. The number of nitrogens with one attached hydrogen (secondary N) is 1. The summed E-state index contributed by atoms with van der Waals surface area (Å²) in [4.78, 5) is 0. The average Bonchev–Trinajstić information content (AvgIpc) is 2.62. The lowest BCUT2D eigenvalue weighted by Crippen LogP contribution is -2.40. The minimum Gasteiger partial charge on any atom is -0.490 e. The molecule has 0 bridgehead atoms. The monoisotopic (exact) mass is 263 g/mol. The molecule has 0 saturated carbocycles. The van der Waals surface area contributed by atoms with Crippen LogP contribution in [0.15, 0.2) is 18.2 Å². The van der Waals surface area contributed by atoms with Crippen molar-refractivity contribution in [1.82, 2.24) is 5.32 Å². The molecule has 1 aromatic carbocycles. The van der Waals surface area contributed by atoms with Gasteiger partial charge in [-0.25, -0.2) is 0 Å². The number of benzene rings is 1. The quantitative estimate of drug-likeness (QED) is 0.898. The molecule has 0 aliphatic carbocycles. The Morgan fingerprint density at radius 1 is 1.21 bits per heavy atom. The first-order chi connectivity index (χ1) is 9.02. The van der Waals surface area contributed by atoms with Crippen LogP contribution in [0.3, 0.4) is 0 Å². The first-order valence-corrected chi connectivity index (χ1v) is 7.19. The molecule has 0 spiro atoms. The smallest absolute Gasteiger partial charge is 0.161 e. The Labute approximate surface area is 116 Å². The second-order valence-corrected chi connectivity index (χ2v) is 5.86. The van der Waals surface area contributed by atoms with Gasteiger partial charge >= 0.3 is 0 Å². The van der Waals surface area contributed by atoms with E-state index in [1.807, 2.05) is 6.07 Å². The minimum atomic E-state index is 0.142. The normalized spacial score (nSPS) is 16.8. The SMILES string of the molecule is CCC(C)(C)NC(C)c1ccc2c(c1)OCCCO2. The zero-order valence-corrected chi connectivity index (χ0v) is 12.5. The van der Waals surface area contributed by atoms with Crippen molar-refractivity contribution in [3.05, 3.63) is 23.8 Å². The van der Waals surface area contributed by atoms with Gasteiger partial charge in [0.2, 0.25) is 0 Å². The molecule has 1 unspecified atom stereocenters. The van der Waals surface area contributed by atoms with Gasteiger partial charge in [-0.15, -0.1) is 0 Å². The molecule has 3 heteroatoms. The summed E-state index contributed by atoms with van der Waals surface area (Å²) in [6.45, 7) is 10.3. The third-order valence-corrected chi connectivity index (χ3v) is 3.76. The molecule has 0 radical (unpaired) electrons. The van der Waals surface area contributed by atoms with Crippen LogP contribution < -0.4 is 14.8 Å². The van der Waals surface area contributed by atoms with Crippen LogP contribution in [0.25, 0.3) is 0 Å². The fourth-order valence-corrected chi connectivity index (χ4v) is 2.22. The van der Waals surface area contributed by atoms with Crippen LogP contribution >= 0.6 is 0 Å². The average molecular weight is 263 g/mol. The van der Waals surface area contributed by atoms with Crippen LogP contribution in [-0.4, -0.2) is 18.8 Å². The van der Waals surface area contributed by atoms with Crippen molar-refractivity contribution in [3.63, 3.8) is 0 Å². The van der Waals surface area contributed by atoms with E-state index in [9.17, 15) is 0 Å². The highest BCUT2D eigenvalue weighted by molar-refractivity contribution is 5.44. The lowest BCUT2D eigenvalue weighted by Gasteiger charge is -2.29. The first-order valence-electron chi connectivity index (χ1n) is 7.19. The summed E-state index contributed by atoms with van der Waals surface area (Å²) >= 11 is 0. The van der Waals surface area contributed by atoms with Crippen molar-refractivity contribution in [1.29, 1.82) is 0 Å². The van der Waals surface area contributed by atoms with E-state index in [0.29, 0.717) is 6.04 Å². The molecule has 2 rings (SSSR count). The second-order valence-electron chi connectivity index (χ2n) is 5.86. The summed E-state index contributed by atoms with van der Waals surface area (Å²) in [6, 6.07) is 6.54. The van der Waals surface area contributed by atoms with Gasteiger partial charge in [-0.3, -0.25) is 0 Å². The molecular formula is C16H25NO2. The fourth-order valence-electron chi connectivity index (χ4n) is 2.22. The molecule has 0 saturated heterocycles. The zero-order chi connectivity index (χ0) is 13.9. The number of fused-ring (bicyclic) bond motifs is 1. The number of rotatable bonds is 4. The van der Waals surface area contributed by atoms with Gasteiger partial charge in [0, 0.05) is 18.0 Å². The highest BCUT2D eigenvalue weighted by atomic mass is 16.5. The molecule has 0 aromatic heterocycles. The molecule has 1 heterocycles. The third-order valence-electron chi connectivity index (χ3n) is 3.76. The highest BCUT2D eigenvalue weighted by Crippen LogP contribution is 2.32. The number of hydrogen-bond acceptors (Lipinski definition) is 3. The molecule has 106 valence electrons. The van der Waals surface area contributed by atoms with Crippen molar-refractivity contribution in [2.45, 2.75) is 52.1 Å². The van der Waals surface area contributed by atoms with Gasteiger partial charge in [-0.05, 0) is 44.9 Å². The molecule has 1 N–H and O–H groups in total. The van der Waals surface area contributed by atoms with Crippen LogP contribution in [0.4, 0.5) is 0 Å². The third kappa shape index (κ3) is 3.63. The highest BCUT2D eigenvalue weighted by Gasteiger charge is 2.20. The van der Waals surface area contributed by atoms with Crippen molar-refractivity contribution in [2.24, 2.45) is 0 Å². The first kappa shape index (κ1) is 14.2. The van der Waals surface area contributed by atoms with E-state index >= 15 is 0 Å². The predicted octanol–water partition coefficient (Wildman–Crippen LogP) is 3.69. The zero-order valence-electron chi connectivity index (χ0n) is 12.5. The second kappa shape index (κ2) is 5.83. The minimum absolute atomic E-state index is 0.142. The maximum atomic E-state index is 5.74. The van der Waals surface area contributed by atoms with Crippen LogP contribution in [-0.2, 0) is 0 Å². The Bertz CT molecular complexity index is 429. The number of ether oxygens (including phenoxy) is 2. The van der Waals surface area contributed by atoms with Crippen LogP contribution in [0.5, 0.6) is 11.5 Å². The molecule has 1 aliphatic heterocycles. The summed E-state index contributed by atoms with van der Waals surface area (Å²) in [5.74, 6) is 1.74. The van der Waals surface area contributed by atoms with Crippen LogP contribution in [0.1, 0.15) is 52.1 Å².